The van der Waals surface area contributed by atoms with Crippen LogP contribution in [-0.4, -0.2) is 20.7 Å². The zero-order valence-electron chi connectivity index (χ0n) is 15.0. The van der Waals surface area contributed by atoms with E-state index in [1.165, 1.54) is 18.4 Å². The Morgan fingerprint density at radius 2 is 1.86 bits per heavy atom. The van der Waals surface area contributed by atoms with Crippen LogP contribution in [0.5, 0.6) is 0 Å². The molecule has 0 aliphatic heterocycles. The van der Waals surface area contributed by atoms with Crippen LogP contribution in [0.2, 0.25) is 0 Å². The quantitative estimate of drug-likeness (QED) is 0.484. The van der Waals surface area contributed by atoms with Crippen molar-refractivity contribution in [2.24, 2.45) is 0 Å². The number of halogens is 1. The molecule has 0 saturated heterocycles. The van der Waals surface area contributed by atoms with Crippen LogP contribution in [0.15, 0.2) is 71.5 Å². The average molecular weight is 377 g/mol. The van der Waals surface area contributed by atoms with Gasteiger partial charge in [0, 0.05) is 17.5 Å². The molecule has 7 heteroatoms. The number of aromatic nitrogens is 3. The number of benzene rings is 2. The molecule has 0 aliphatic carbocycles. The van der Waals surface area contributed by atoms with Crippen LogP contribution in [-0.2, 0) is 11.3 Å². The van der Waals surface area contributed by atoms with E-state index >= 15 is 0 Å². The molecule has 0 amide bonds. The molecule has 0 N–H and O–H groups in total. The maximum atomic E-state index is 13.0. The highest BCUT2D eigenvalue weighted by atomic mass is 19.1. The Bertz CT molecular complexity index is 1100. The first kappa shape index (κ1) is 17.7. The maximum Gasteiger partial charge on any atom is 0.338 e. The zero-order chi connectivity index (χ0) is 19.5. The van der Waals surface area contributed by atoms with Crippen molar-refractivity contribution in [3.8, 4) is 17.1 Å². The molecule has 140 valence electrons. The zero-order valence-corrected chi connectivity index (χ0v) is 15.0. The van der Waals surface area contributed by atoms with Gasteiger partial charge < -0.3 is 9.15 Å². The summed E-state index contributed by atoms with van der Waals surface area (Å²) in [5.41, 5.74) is 3.40. The van der Waals surface area contributed by atoms with Crippen LogP contribution in [0.25, 0.3) is 17.1 Å². The normalized spacial score (nSPS) is 10.8. The Morgan fingerprint density at radius 3 is 2.54 bits per heavy atom. The topological polar surface area (TPSA) is 70.2 Å². The fraction of sp³-hybridized carbons (Fsp3) is 0.0952. The lowest BCUT2D eigenvalue weighted by molar-refractivity contribution is 0.0468. The summed E-state index contributed by atoms with van der Waals surface area (Å²) in [5.74, 6) is -0.460. The third-order valence-corrected chi connectivity index (χ3v) is 4.17. The van der Waals surface area contributed by atoms with E-state index in [9.17, 15) is 9.18 Å². The number of carbonyl (C=O) groups is 1. The number of carbonyl (C=O) groups excluding carboxylic acids is 1. The molecule has 2 heterocycles. The molecule has 0 atom stereocenters. The van der Waals surface area contributed by atoms with Crippen molar-refractivity contribution in [2.45, 2.75) is 13.5 Å². The molecule has 0 unspecified atom stereocenters. The highest BCUT2D eigenvalue weighted by molar-refractivity contribution is 5.89. The minimum Gasteiger partial charge on any atom is -0.455 e. The van der Waals surface area contributed by atoms with Gasteiger partial charge in [-0.1, -0.05) is 0 Å². The van der Waals surface area contributed by atoms with Crippen molar-refractivity contribution in [1.82, 2.24) is 14.8 Å². The lowest BCUT2D eigenvalue weighted by Crippen LogP contribution is -2.06. The molecular formula is C21H16FN3O3. The van der Waals surface area contributed by atoms with E-state index in [0.717, 1.165) is 11.4 Å². The number of hydrogen-bond acceptors (Lipinski definition) is 5. The predicted octanol–water partition coefficient (Wildman–Crippen LogP) is 4.33. The summed E-state index contributed by atoms with van der Waals surface area (Å²) in [6.45, 7) is 1.93. The van der Waals surface area contributed by atoms with Crippen LogP contribution in [0.3, 0.4) is 0 Å². The number of aryl methyl sites for hydroxylation is 1. The van der Waals surface area contributed by atoms with Gasteiger partial charge >= 0.3 is 5.97 Å². The van der Waals surface area contributed by atoms with Crippen molar-refractivity contribution < 1.29 is 18.3 Å². The lowest BCUT2D eigenvalue weighted by Gasteiger charge is -2.06. The molecule has 0 aliphatic rings. The van der Waals surface area contributed by atoms with Crippen molar-refractivity contribution in [1.29, 1.82) is 0 Å². The van der Waals surface area contributed by atoms with Gasteiger partial charge in [-0.25, -0.2) is 18.9 Å². The molecule has 0 spiro atoms. The van der Waals surface area contributed by atoms with Crippen molar-refractivity contribution in [2.75, 3.05) is 0 Å². The first-order chi connectivity index (χ1) is 13.6. The van der Waals surface area contributed by atoms with Gasteiger partial charge in [0.2, 0.25) is 5.89 Å². The molecule has 6 nitrogen and oxygen atoms in total. The Hall–Kier alpha value is -3.74. The fourth-order valence-electron chi connectivity index (χ4n) is 2.70. The average Bonchev–Trinajstić information content (AvgIpc) is 3.36. The smallest absolute Gasteiger partial charge is 0.338 e. The molecule has 4 rings (SSSR count). The van der Waals surface area contributed by atoms with Crippen LogP contribution < -0.4 is 0 Å². The second kappa shape index (κ2) is 7.48. The number of oxazole rings is 1. The van der Waals surface area contributed by atoms with E-state index in [1.807, 2.05) is 13.0 Å². The van der Waals surface area contributed by atoms with Gasteiger partial charge in [0.05, 0.1) is 11.3 Å². The van der Waals surface area contributed by atoms with Gasteiger partial charge in [-0.2, -0.15) is 5.10 Å². The van der Waals surface area contributed by atoms with Crippen LogP contribution in [0.1, 0.15) is 21.7 Å². The minimum atomic E-state index is -0.463. The van der Waals surface area contributed by atoms with Crippen molar-refractivity contribution >= 4 is 5.97 Å². The summed E-state index contributed by atoms with van der Waals surface area (Å²) in [7, 11) is 0. The Kier molecular flexibility index (Phi) is 4.72. The van der Waals surface area contributed by atoms with E-state index in [0.29, 0.717) is 22.7 Å². The number of esters is 1. The lowest BCUT2D eigenvalue weighted by atomic mass is 10.2. The van der Waals surface area contributed by atoms with Crippen LogP contribution >= 0.6 is 0 Å². The van der Waals surface area contributed by atoms with Gasteiger partial charge in [-0.3, -0.25) is 0 Å². The molecule has 0 saturated carbocycles. The van der Waals surface area contributed by atoms with Crippen LogP contribution in [0.4, 0.5) is 4.39 Å². The third kappa shape index (κ3) is 3.68. The predicted molar refractivity (Wildman–Crippen MR) is 99.3 cm³/mol. The SMILES string of the molecule is Cc1ccnn1-c1ccc(C(=O)OCc2coc(-c3ccc(F)cc3)n2)cc1. The Morgan fingerprint density at radius 1 is 1.11 bits per heavy atom. The Balaban J connectivity index is 1.39. The molecule has 4 aromatic rings. The van der Waals surface area contributed by atoms with Gasteiger partial charge in [-0.05, 0) is 61.5 Å². The molecule has 0 radical (unpaired) electrons. The van der Waals surface area contributed by atoms with E-state index in [2.05, 4.69) is 10.1 Å². The highest BCUT2D eigenvalue weighted by Gasteiger charge is 2.12. The number of ether oxygens (including phenoxy) is 1. The second-order valence-electron chi connectivity index (χ2n) is 6.16. The third-order valence-electron chi connectivity index (χ3n) is 4.17. The van der Waals surface area contributed by atoms with Gasteiger partial charge in [0.1, 0.15) is 24.4 Å². The minimum absolute atomic E-state index is 0.0243. The van der Waals surface area contributed by atoms with Gasteiger partial charge in [0.15, 0.2) is 0 Å². The monoisotopic (exact) mass is 377 g/mol. The number of hydrogen-bond donors (Lipinski definition) is 0. The second-order valence-corrected chi connectivity index (χ2v) is 6.16. The summed E-state index contributed by atoms with van der Waals surface area (Å²) < 4.78 is 25.4. The Labute approximate surface area is 160 Å². The summed E-state index contributed by atoms with van der Waals surface area (Å²) in [6, 6.07) is 14.7. The summed E-state index contributed by atoms with van der Waals surface area (Å²) in [5, 5.41) is 4.23. The molecule has 2 aromatic heterocycles. The molecule has 2 aromatic carbocycles. The van der Waals surface area contributed by atoms with E-state index in [1.54, 1.807) is 47.3 Å². The fourth-order valence-corrected chi connectivity index (χ4v) is 2.70. The van der Waals surface area contributed by atoms with E-state index in [4.69, 9.17) is 9.15 Å². The highest BCUT2D eigenvalue weighted by Crippen LogP contribution is 2.19. The first-order valence-corrected chi connectivity index (χ1v) is 8.59. The van der Waals surface area contributed by atoms with Gasteiger partial charge in [-0.15, -0.1) is 0 Å². The summed E-state index contributed by atoms with van der Waals surface area (Å²) in [4.78, 5) is 16.5. The van der Waals surface area contributed by atoms with Crippen LogP contribution in [0, 0.1) is 12.7 Å². The number of nitrogens with zero attached hydrogens (tertiary/aromatic N) is 3. The van der Waals surface area contributed by atoms with E-state index < -0.39 is 5.97 Å². The van der Waals surface area contributed by atoms with Gasteiger partial charge in [0.25, 0.3) is 0 Å². The first-order valence-electron chi connectivity index (χ1n) is 8.59. The summed E-state index contributed by atoms with van der Waals surface area (Å²) >= 11 is 0. The summed E-state index contributed by atoms with van der Waals surface area (Å²) in [6.07, 6.45) is 3.13. The molecule has 0 bridgehead atoms. The number of rotatable bonds is 5. The largest absolute Gasteiger partial charge is 0.455 e. The standard InChI is InChI=1S/C21H16FN3O3/c1-14-10-11-23-25(14)19-8-4-16(5-9-19)21(26)28-13-18-12-27-20(24-18)15-2-6-17(22)7-3-15/h2-12H,13H2,1H3. The molecular weight excluding hydrogens is 361 g/mol. The van der Waals surface area contributed by atoms with Crippen molar-refractivity contribution in [3.63, 3.8) is 0 Å². The molecule has 0 fully saturated rings. The molecule has 28 heavy (non-hydrogen) atoms. The van der Waals surface area contributed by atoms with E-state index in [-0.39, 0.29) is 12.4 Å². The van der Waals surface area contributed by atoms with Crippen molar-refractivity contribution in [3.05, 3.63) is 89.8 Å². The maximum absolute atomic E-state index is 13.0.